The van der Waals surface area contributed by atoms with Crippen LogP contribution < -0.4 is 10.1 Å². The van der Waals surface area contributed by atoms with Crippen LogP contribution in [-0.2, 0) is 0 Å². The van der Waals surface area contributed by atoms with E-state index in [0.29, 0.717) is 10.8 Å². The van der Waals surface area contributed by atoms with Crippen molar-refractivity contribution < 1.29 is 4.74 Å². The van der Waals surface area contributed by atoms with Gasteiger partial charge in [0.05, 0.1) is 18.3 Å². The van der Waals surface area contributed by atoms with E-state index in [0.717, 1.165) is 11.5 Å². The molecule has 15 heavy (non-hydrogen) atoms. The highest BCUT2D eigenvalue weighted by Gasteiger charge is 2.02. The van der Waals surface area contributed by atoms with E-state index in [1.54, 1.807) is 19.4 Å². The molecule has 2 N–H and O–H groups in total. The Morgan fingerprint density at radius 1 is 1.40 bits per heavy atom. The molecule has 2 aromatic rings. The predicted molar refractivity (Wildman–Crippen MR) is 59.9 cm³/mol. The zero-order chi connectivity index (χ0) is 10.7. The fraction of sp³-hybridized carbons (Fsp3) is 0.100. The quantitative estimate of drug-likeness (QED) is 0.841. The number of anilines is 2. The second-order valence-corrected chi connectivity index (χ2v) is 3.35. The minimum atomic E-state index is 0.590. The molecule has 0 aliphatic heterocycles. The molecular weight excluding hydrogens is 214 g/mol. The first kappa shape index (κ1) is 9.86. The summed E-state index contributed by atoms with van der Waals surface area (Å²) in [5.74, 6) is 1.46. The molecule has 1 aromatic carbocycles. The molecular formula is C10H10ClN3O. The molecule has 0 radical (unpaired) electrons. The maximum atomic E-state index is 5.91. The van der Waals surface area contributed by atoms with Crippen molar-refractivity contribution in [3.8, 4) is 5.75 Å². The van der Waals surface area contributed by atoms with Crippen LogP contribution in [0.3, 0.4) is 0 Å². The van der Waals surface area contributed by atoms with Gasteiger partial charge in [0.2, 0.25) is 0 Å². The normalized spacial score (nSPS) is 10.0. The minimum Gasteiger partial charge on any atom is -0.495 e. The molecule has 0 fully saturated rings. The Labute approximate surface area is 92.2 Å². The largest absolute Gasteiger partial charge is 0.495 e. The number of aromatic amines is 1. The Balaban J connectivity index is 2.22. The summed E-state index contributed by atoms with van der Waals surface area (Å²) in [6.45, 7) is 0. The minimum absolute atomic E-state index is 0.590. The molecule has 0 amide bonds. The first-order valence-corrected chi connectivity index (χ1v) is 4.77. The molecule has 0 unspecified atom stereocenters. The van der Waals surface area contributed by atoms with Crippen LogP contribution in [0.4, 0.5) is 11.5 Å². The van der Waals surface area contributed by atoms with Crippen molar-refractivity contribution in [3.63, 3.8) is 0 Å². The van der Waals surface area contributed by atoms with Gasteiger partial charge in [-0.15, -0.1) is 0 Å². The van der Waals surface area contributed by atoms with Crippen molar-refractivity contribution in [1.82, 2.24) is 10.2 Å². The van der Waals surface area contributed by atoms with Crippen LogP contribution in [0.25, 0.3) is 0 Å². The number of nitrogens with zero attached hydrogens (tertiary/aromatic N) is 1. The van der Waals surface area contributed by atoms with Crippen LogP contribution in [0.15, 0.2) is 30.5 Å². The fourth-order valence-corrected chi connectivity index (χ4v) is 1.41. The molecule has 1 heterocycles. The van der Waals surface area contributed by atoms with E-state index in [1.165, 1.54) is 0 Å². The van der Waals surface area contributed by atoms with Crippen LogP contribution in [0.2, 0.25) is 5.02 Å². The lowest BCUT2D eigenvalue weighted by Crippen LogP contribution is -1.92. The van der Waals surface area contributed by atoms with E-state index < -0.39 is 0 Å². The van der Waals surface area contributed by atoms with Crippen molar-refractivity contribution in [2.75, 3.05) is 12.4 Å². The third-order valence-corrected chi connectivity index (χ3v) is 2.24. The third-order valence-electron chi connectivity index (χ3n) is 1.93. The molecule has 0 saturated carbocycles. The Hall–Kier alpha value is -1.68. The van der Waals surface area contributed by atoms with Gasteiger partial charge in [-0.25, -0.2) is 0 Å². The SMILES string of the molecule is COc1cc(Nc2ccn[nH]2)ccc1Cl. The third kappa shape index (κ3) is 2.22. The molecule has 0 atom stereocenters. The Morgan fingerprint density at radius 2 is 2.27 bits per heavy atom. The number of H-pyrrole nitrogens is 1. The second kappa shape index (κ2) is 4.23. The van der Waals surface area contributed by atoms with Gasteiger partial charge in [-0.3, -0.25) is 5.10 Å². The van der Waals surface area contributed by atoms with Crippen LogP contribution in [-0.4, -0.2) is 17.3 Å². The van der Waals surface area contributed by atoms with Gasteiger partial charge in [0.15, 0.2) is 0 Å². The van der Waals surface area contributed by atoms with Gasteiger partial charge in [-0.1, -0.05) is 11.6 Å². The number of benzene rings is 1. The van der Waals surface area contributed by atoms with Crippen LogP contribution >= 0.6 is 11.6 Å². The highest BCUT2D eigenvalue weighted by atomic mass is 35.5. The number of ether oxygens (including phenoxy) is 1. The standard InChI is InChI=1S/C10H10ClN3O/c1-15-9-6-7(2-3-8(9)11)13-10-4-5-12-14-10/h2-6H,1H3,(H2,12,13,14). The first-order chi connectivity index (χ1) is 7.29. The Morgan fingerprint density at radius 3 is 2.93 bits per heavy atom. The van der Waals surface area contributed by atoms with Gasteiger partial charge >= 0.3 is 0 Å². The number of methoxy groups -OCH3 is 1. The summed E-state index contributed by atoms with van der Waals surface area (Å²) in [5, 5.41) is 10.4. The Kier molecular flexibility index (Phi) is 2.78. The summed E-state index contributed by atoms with van der Waals surface area (Å²) >= 11 is 5.91. The number of hydrogen-bond donors (Lipinski definition) is 2. The zero-order valence-electron chi connectivity index (χ0n) is 8.12. The van der Waals surface area contributed by atoms with E-state index in [9.17, 15) is 0 Å². The van der Waals surface area contributed by atoms with E-state index in [1.807, 2.05) is 18.2 Å². The maximum absolute atomic E-state index is 5.91. The van der Waals surface area contributed by atoms with E-state index in [4.69, 9.17) is 16.3 Å². The molecule has 1 aromatic heterocycles. The molecule has 0 aliphatic carbocycles. The molecule has 0 bridgehead atoms. The van der Waals surface area contributed by atoms with Crippen molar-refractivity contribution in [2.24, 2.45) is 0 Å². The average molecular weight is 224 g/mol. The summed E-state index contributed by atoms with van der Waals surface area (Å²) in [5.41, 5.74) is 0.889. The average Bonchev–Trinajstić information content (AvgIpc) is 2.73. The monoisotopic (exact) mass is 223 g/mol. The molecule has 2 rings (SSSR count). The first-order valence-electron chi connectivity index (χ1n) is 4.39. The van der Waals surface area contributed by atoms with E-state index in [2.05, 4.69) is 15.5 Å². The van der Waals surface area contributed by atoms with E-state index in [-0.39, 0.29) is 0 Å². The summed E-state index contributed by atoms with van der Waals surface area (Å²) in [6, 6.07) is 7.30. The molecule has 5 heteroatoms. The molecule has 4 nitrogen and oxygen atoms in total. The van der Waals surface area contributed by atoms with Crippen molar-refractivity contribution in [3.05, 3.63) is 35.5 Å². The van der Waals surface area contributed by atoms with Gasteiger partial charge in [0.25, 0.3) is 0 Å². The van der Waals surface area contributed by atoms with Crippen molar-refractivity contribution in [2.45, 2.75) is 0 Å². The van der Waals surface area contributed by atoms with E-state index >= 15 is 0 Å². The number of rotatable bonds is 3. The highest BCUT2D eigenvalue weighted by Crippen LogP contribution is 2.28. The molecule has 78 valence electrons. The summed E-state index contributed by atoms with van der Waals surface area (Å²) in [6.07, 6.45) is 1.68. The maximum Gasteiger partial charge on any atom is 0.139 e. The van der Waals surface area contributed by atoms with Gasteiger partial charge in [-0.05, 0) is 12.1 Å². The number of hydrogen-bond acceptors (Lipinski definition) is 3. The number of nitrogens with one attached hydrogen (secondary N) is 2. The topological polar surface area (TPSA) is 49.9 Å². The lowest BCUT2D eigenvalue weighted by Gasteiger charge is -2.07. The van der Waals surface area contributed by atoms with Gasteiger partial charge in [0.1, 0.15) is 11.6 Å². The zero-order valence-corrected chi connectivity index (χ0v) is 8.88. The highest BCUT2D eigenvalue weighted by molar-refractivity contribution is 6.32. The van der Waals surface area contributed by atoms with Crippen molar-refractivity contribution >= 4 is 23.1 Å². The second-order valence-electron chi connectivity index (χ2n) is 2.94. The lowest BCUT2D eigenvalue weighted by molar-refractivity contribution is 0.415. The number of aromatic nitrogens is 2. The fourth-order valence-electron chi connectivity index (χ4n) is 1.22. The van der Waals surface area contributed by atoms with Gasteiger partial charge < -0.3 is 10.1 Å². The summed E-state index contributed by atoms with van der Waals surface area (Å²) < 4.78 is 5.11. The Bertz CT molecular complexity index is 442. The van der Waals surface area contributed by atoms with Crippen LogP contribution in [0.5, 0.6) is 5.75 Å². The van der Waals surface area contributed by atoms with Crippen LogP contribution in [0, 0.1) is 0 Å². The van der Waals surface area contributed by atoms with Gasteiger partial charge in [0, 0.05) is 17.8 Å². The van der Waals surface area contributed by atoms with Crippen molar-refractivity contribution in [1.29, 1.82) is 0 Å². The smallest absolute Gasteiger partial charge is 0.139 e. The van der Waals surface area contributed by atoms with Crippen LogP contribution in [0.1, 0.15) is 0 Å². The van der Waals surface area contributed by atoms with Gasteiger partial charge in [-0.2, -0.15) is 5.10 Å². The molecule has 0 aliphatic rings. The number of halogens is 1. The molecule has 0 saturated heterocycles. The lowest BCUT2D eigenvalue weighted by atomic mass is 10.3. The summed E-state index contributed by atoms with van der Waals surface area (Å²) in [7, 11) is 1.58. The summed E-state index contributed by atoms with van der Waals surface area (Å²) in [4.78, 5) is 0. The predicted octanol–water partition coefficient (Wildman–Crippen LogP) is 2.82. The molecule has 0 spiro atoms.